The van der Waals surface area contributed by atoms with Crippen molar-refractivity contribution in [1.82, 2.24) is 31.1 Å². The number of hydrogen-bond acceptors (Lipinski definition) is 5. The molecule has 0 heterocycles. The lowest BCUT2D eigenvalue weighted by atomic mass is 10.5. The van der Waals surface area contributed by atoms with Crippen molar-refractivity contribution in [3.8, 4) is 0 Å². The molecule has 2 amide bonds. The van der Waals surface area contributed by atoms with Crippen LogP contribution >= 0.6 is 12.1 Å². The lowest BCUT2D eigenvalue weighted by Gasteiger charge is -2.12. The van der Waals surface area contributed by atoms with Gasteiger partial charge in [0, 0.05) is 12.8 Å². The number of guanidine groups is 2. The van der Waals surface area contributed by atoms with E-state index in [4.69, 9.17) is 10.8 Å². The standard InChI is InChI=1S/C8H18N8O2S/c1-3-5(17)11-13-7(9)15-19-16-8(10)14-12-6(18)4-2/h3-4H2,1-2H3,(H,11,17)(H,12,18)(H3,9,13,15)(H3,10,14,16). The van der Waals surface area contributed by atoms with E-state index in [1.807, 2.05) is 0 Å². The van der Waals surface area contributed by atoms with Crippen molar-refractivity contribution in [3.63, 3.8) is 0 Å². The van der Waals surface area contributed by atoms with Crippen molar-refractivity contribution < 1.29 is 9.59 Å². The third-order valence-corrected chi connectivity index (χ3v) is 2.21. The summed E-state index contributed by atoms with van der Waals surface area (Å²) in [5, 5.41) is 14.7. The van der Waals surface area contributed by atoms with Crippen LogP contribution in [0.1, 0.15) is 26.7 Å². The Kier molecular flexibility index (Phi) is 8.70. The van der Waals surface area contributed by atoms with Gasteiger partial charge in [-0.3, -0.25) is 51.6 Å². The average Bonchev–Trinajstić information content (AvgIpc) is 2.41. The number of carbonyl (C=O) groups excluding carboxylic acids is 2. The molecule has 0 radical (unpaired) electrons. The first-order valence-electron chi connectivity index (χ1n) is 5.44. The monoisotopic (exact) mass is 290 g/mol. The molecule has 0 saturated carbocycles. The number of nitrogens with one attached hydrogen (secondary N) is 8. The summed E-state index contributed by atoms with van der Waals surface area (Å²) in [5.74, 6) is -0.822. The molecule has 0 spiro atoms. The number of carbonyl (C=O) groups is 2. The molecule has 0 aliphatic rings. The van der Waals surface area contributed by atoms with Gasteiger partial charge in [-0.1, -0.05) is 13.8 Å². The molecule has 0 aromatic heterocycles. The summed E-state index contributed by atoms with van der Waals surface area (Å²) in [4.78, 5) is 21.7. The highest BCUT2D eigenvalue weighted by Crippen LogP contribution is 1.82. The second-order valence-electron chi connectivity index (χ2n) is 3.11. The fourth-order valence-electron chi connectivity index (χ4n) is 0.620. The molecule has 0 atom stereocenters. The van der Waals surface area contributed by atoms with Gasteiger partial charge in [0.15, 0.2) is 0 Å². The van der Waals surface area contributed by atoms with E-state index in [9.17, 15) is 9.59 Å². The zero-order chi connectivity index (χ0) is 14.7. The Bertz CT molecular complexity index is 316. The van der Waals surface area contributed by atoms with E-state index in [0.717, 1.165) is 12.1 Å². The van der Waals surface area contributed by atoms with E-state index in [1.54, 1.807) is 13.8 Å². The Morgan fingerprint density at radius 1 is 0.842 bits per heavy atom. The van der Waals surface area contributed by atoms with Gasteiger partial charge in [-0.05, 0) is 0 Å². The Labute approximate surface area is 115 Å². The number of rotatable bonds is 4. The molecule has 108 valence electrons. The van der Waals surface area contributed by atoms with Gasteiger partial charge in [-0.25, -0.2) is 0 Å². The molecule has 0 saturated heterocycles. The minimum Gasteiger partial charge on any atom is -0.281 e. The molecule has 0 unspecified atom stereocenters. The largest absolute Gasteiger partial charge is 0.281 e. The van der Waals surface area contributed by atoms with Crippen LogP contribution in [0.4, 0.5) is 0 Å². The van der Waals surface area contributed by atoms with Crippen LogP contribution in [0.3, 0.4) is 0 Å². The molecule has 19 heavy (non-hydrogen) atoms. The van der Waals surface area contributed by atoms with Crippen LogP contribution in [-0.2, 0) is 9.59 Å². The van der Waals surface area contributed by atoms with Crippen LogP contribution in [0.5, 0.6) is 0 Å². The predicted octanol–water partition coefficient (Wildman–Crippen LogP) is -1.34. The zero-order valence-electron chi connectivity index (χ0n) is 10.6. The van der Waals surface area contributed by atoms with Crippen LogP contribution in [0.15, 0.2) is 0 Å². The average molecular weight is 290 g/mol. The molecule has 0 aliphatic carbocycles. The maximum absolute atomic E-state index is 10.9. The minimum atomic E-state index is -0.249. The summed E-state index contributed by atoms with van der Waals surface area (Å²) < 4.78 is 4.93. The summed E-state index contributed by atoms with van der Waals surface area (Å²) in [6.45, 7) is 3.36. The number of hydrazine groups is 2. The highest BCUT2D eigenvalue weighted by Gasteiger charge is 2.01. The minimum absolute atomic E-state index is 0.162. The van der Waals surface area contributed by atoms with Gasteiger partial charge in [0.05, 0.1) is 12.1 Å². The van der Waals surface area contributed by atoms with Gasteiger partial charge in [-0.15, -0.1) is 0 Å². The van der Waals surface area contributed by atoms with Crippen LogP contribution < -0.4 is 31.1 Å². The molecule has 8 N–H and O–H groups in total. The van der Waals surface area contributed by atoms with E-state index in [0.29, 0.717) is 12.8 Å². The molecule has 0 aromatic carbocycles. The summed E-state index contributed by atoms with van der Waals surface area (Å²) >= 11 is 0.811. The first kappa shape index (κ1) is 16.8. The lowest BCUT2D eigenvalue weighted by Crippen LogP contribution is -2.48. The highest BCUT2D eigenvalue weighted by molar-refractivity contribution is 7.96. The Hall–Kier alpha value is -2.17. The van der Waals surface area contributed by atoms with Gasteiger partial charge in [0.1, 0.15) is 0 Å². The normalized spacial score (nSPS) is 8.95. The van der Waals surface area contributed by atoms with Crippen molar-refractivity contribution >= 4 is 35.9 Å². The maximum Gasteiger partial charge on any atom is 0.238 e. The molecule has 0 bridgehead atoms. The van der Waals surface area contributed by atoms with Crippen molar-refractivity contribution in [1.29, 1.82) is 10.8 Å². The van der Waals surface area contributed by atoms with Gasteiger partial charge in [-0.2, -0.15) is 0 Å². The van der Waals surface area contributed by atoms with E-state index in [-0.39, 0.29) is 23.7 Å². The van der Waals surface area contributed by atoms with Gasteiger partial charge in [0.2, 0.25) is 23.7 Å². The summed E-state index contributed by atoms with van der Waals surface area (Å²) in [6.07, 6.45) is 0.606. The van der Waals surface area contributed by atoms with Gasteiger partial charge < -0.3 is 0 Å². The van der Waals surface area contributed by atoms with E-state index >= 15 is 0 Å². The summed E-state index contributed by atoms with van der Waals surface area (Å²) in [6, 6.07) is 0. The molecule has 11 heteroatoms. The molecule has 0 aromatic rings. The van der Waals surface area contributed by atoms with Crippen LogP contribution in [0, 0.1) is 10.8 Å². The highest BCUT2D eigenvalue weighted by atomic mass is 32.2. The third kappa shape index (κ3) is 9.52. The zero-order valence-corrected chi connectivity index (χ0v) is 11.5. The Morgan fingerprint density at radius 3 is 1.53 bits per heavy atom. The number of amides is 2. The van der Waals surface area contributed by atoms with Crippen LogP contribution in [0.25, 0.3) is 0 Å². The maximum atomic E-state index is 10.9. The van der Waals surface area contributed by atoms with Crippen molar-refractivity contribution in [2.24, 2.45) is 0 Å². The molecule has 0 fully saturated rings. The Morgan fingerprint density at radius 2 is 1.21 bits per heavy atom. The van der Waals surface area contributed by atoms with E-state index in [1.165, 1.54) is 0 Å². The van der Waals surface area contributed by atoms with Crippen LogP contribution in [-0.4, -0.2) is 23.7 Å². The summed E-state index contributed by atoms with van der Waals surface area (Å²) in [5.41, 5.74) is 9.18. The molecule has 0 aliphatic heterocycles. The Balaban J connectivity index is 3.61. The molecule has 0 rings (SSSR count). The second kappa shape index (κ2) is 9.82. The van der Waals surface area contributed by atoms with E-state index in [2.05, 4.69) is 31.1 Å². The topological polar surface area (TPSA) is 154 Å². The van der Waals surface area contributed by atoms with Crippen molar-refractivity contribution in [3.05, 3.63) is 0 Å². The molecular weight excluding hydrogens is 272 g/mol. The quantitative estimate of drug-likeness (QED) is 0.138. The van der Waals surface area contributed by atoms with Crippen molar-refractivity contribution in [2.45, 2.75) is 26.7 Å². The predicted molar refractivity (Wildman–Crippen MR) is 72.5 cm³/mol. The first-order valence-corrected chi connectivity index (χ1v) is 6.25. The van der Waals surface area contributed by atoms with E-state index < -0.39 is 0 Å². The molecular formula is C8H18N8O2S. The second-order valence-corrected chi connectivity index (χ2v) is 3.72. The smallest absolute Gasteiger partial charge is 0.238 e. The van der Waals surface area contributed by atoms with Crippen molar-refractivity contribution in [2.75, 3.05) is 0 Å². The first-order chi connectivity index (χ1) is 8.99. The third-order valence-electron chi connectivity index (χ3n) is 1.60. The lowest BCUT2D eigenvalue weighted by molar-refractivity contribution is -0.122. The summed E-state index contributed by atoms with van der Waals surface area (Å²) in [7, 11) is 0. The van der Waals surface area contributed by atoms with Gasteiger partial charge >= 0.3 is 0 Å². The fourth-order valence-corrected chi connectivity index (χ4v) is 0.977. The van der Waals surface area contributed by atoms with Gasteiger partial charge in [0.25, 0.3) is 0 Å². The fraction of sp³-hybridized carbons (Fsp3) is 0.500. The SMILES string of the molecule is CCC(=O)NNC(=N)NSNC(=N)NNC(=O)CC. The molecule has 10 nitrogen and oxygen atoms in total. The number of hydrogen-bond donors (Lipinski definition) is 8. The van der Waals surface area contributed by atoms with Crippen LogP contribution in [0.2, 0.25) is 0 Å².